The molecule has 4 fully saturated rings. The molecule has 1 aromatic rings. The van der Waals surface area contributed by atoms with Crippen molar-refractivity contribution >= 4 is 17.5 Å². The molecule has 5 heterocycles. The predicted octanol–water partition coefficient (Wildman–Crippen LogP) is 3.23. The molecule has 7 nitrogen and oxygen atoms in total. The van der Waals surface area contributed by atoms with Crippen LogP contribution in [0.15, 0.2) is 29.8 Å². The van der Waals surface area contributed by atoms with E-state index in [1.54, 1.807) is 4.90 Å². The molecule has 0 N–H and O–H groups in total. The highest BCUT2D eigenvalue weighted by atomic mass is 16.6. The van der Waals surface area contributed by atoms with Crippen LogP contribution < -0.4 is 14.4 Å². The van der Waals surface area contributed by atoms with Gasteiger partial charge >= 0.3 is 0 Å². The van der Waals surface area contributed by atoms with Crippen molar-refractivity contribution in [2.24, 2.45) is 17.8 Å². The zero-order chi connectivity index (χ0) is 23.5. The average molecular weight is 478 g/mol. The Morgan fingerprint density at radius 3 is 2.80 bits per heavy atom. The molecule has 1 aromatic carbocycles. The number of piperidine rings is 3. The van der Waals surface area contributed by atoms with Crippen molar-refractivity contribution in [3.63, 3.8) is 0 Å². The first kappa shape index (κ1) is 21.7. The zero-order valence-electron chi connectivity index (χ0n) is 20.4. The van der Waals surface area contributed by atoms with Crippen LogP contribution in [0.2, 0.25) is 0 Å². The summed E-state index contributed by atoms with van der Waals surface area (Å²) in [5.41, 5.74) is 2.29. The number of fused-ring (bicyclic) bond motifs is 7. The SMILES string of the molecule is O=C1CC(C(=O)N2CCCC3=C[C@@H]4C[C@@H](CN5CCCCC45)C32)CN1c1ccc2c(c1)OCCO2. The Morgan fingerprint density at radius 2 is 1.89 bits per heavy atom. The molecule has 2 amide bonds. The highest BCUT2D eigenvalue weighted by Gasteiger charge is 2.48. The molecule has 0 saturated carbocycles. The van der Waals surface area contributed by atoms with Crippen LogP contribution in [0, 0.1) is 17.8 Å². The van der Waals surface area contributed by atoms with Gasteiger partial charge in [-0.1, -0.05) is 18.1 Å². The van der Waals surface area contributed by atoms with E-state index in [1.807, 2.05) is 18.2 Å². The van der Waals surface area contributed by atoms with Crippen molar-refractivity contribution in [1.29, 1.82) is 0 Å². The molecule has 1 aliphatic carbocycles. The Kier molecular flexibility index (Phi) is 5.30. The summed E-state index contributed by atoms with van der Waals surface area (Å²) in [6.45, 7) is 4.65. The van der Waals surface area contributed by atoms with E-state index in [0.29, 0.717) is 49.1 Å². The molecule has 0 radical (unpaired) electrons. The van der Waals surface area contributed by atoms with Crippen LogP contribution in [0.4, 0.5) is 5.69 Å². The van der Waals surface area contributed by atoms with Crippen LogP contribution in [0.3, 0.4) is 0 Å². The molecular formula is C28H35N3O4. The number of rotatable bonds is 2. The number of nitrogens with zero attached hydrogens (tertiary/aromatic N) is 3. The van der Waals surface area contributed by atoms with Gasteiger partial charge in [-0.3, -0.25) is 14.5 Å². The lowest BCUT2D eigenvalue weighted by Crippen LogP contribution is -2.60. The van der Waals surface area contributed by atoms with Gasteiger partial charge in [-0.2, -0.15) is 0 Å². The Hall–Kier alpha value is -2.54. The molecule has 7 rings (SSSR count). The van der Waals surface area contributed by atoms with E-state index >= 15 is 0 Å². The van der Waals surface area contributed by atoms with Crippen molar-refractivity contribution in [2.75, 3.05) is 44.3 Å². The Morgan fingerprint density at radius 1 is 1.00 bits per heavy atom. The van der Waals surface area contributed by atoms with Gasteiger partial charge in [0.05, 0.1) is 12.0 Å². The first-order chi connectivity index (χ1) is 17.2. The second-order valence-electron chi connectivity index (χ2n) is 11.3. The fraction of sp³-hybridized carbons (Fsp3) is 0.643. The zero-order valence-corrected chi connectivity index (χ0v) is 20.4. The largest absolute Gasteiger partial charge is 0.486 e. The number of carbonyl (C=O) groups is 2. The molecule has 6 aliphatic rings. The quantitative estimate of drug-likeness (QED) is 0.612. The smallest absolute Gasteiger partial charge is 0.228 e. The number of likely N-dealkylation sites (tertiary alicyclic amines) is 1. The summed E-state index contributed by atoms with van der Waals surface area (Å²) in [6.07, 6.45) is 10.2. The molecule has 7 heteroatoms. The number of benzene rings is 1. The van der Waals surface area contributed by atoms with Crippen molar-refractivity contribution in [3.05, 3.63) is 29.8 Å². The van der Waals surface area contributed by atoms with Crippen LogP contribution in [0.1, 0.15) is 44.9 Å². The molecule has 3 unspecified atom stereocenters. The number of amides is 2. The fourth-order valence-electron chi connectivity index (χ4n) is 7.78. The van der Waals surface area contributed by atoms with E-state index in [1.165, 1.54) is 37.8 Å². The Labute approximate surface area is 207 Å². The average Bonchev–Trinajstić information content (AvgIpc) is 3.29. The molecule has 186 valence electrons. The van der Waals surface area contributed by atoms with Gasteiger partial charge in [0.25, 0.3) is 0 Å². The summed E-state index contributed by atoms with van der Waals surface area (Å²) in [4.78, 5) is 33.6. The standard InChI is InChI=1S/C28H35N3O4/c32-26-14-21(17-31(26)22-6-7-24-25(15-22)35-11-10-34-24)28(33)30-9-3-4-18-12-19-13-20(27(18)30)16-29-8-2-1-5-23(19)29/h6-7,12,15,19-21,23,27H,1-5,8-11,13-14,16-17H2/t19-,20+,21?,23?,27?/m1/s1. The summed E-state index contributed by atoms with van der Waals surface area (Å²) in [5.74, 6) is 2.49. The van der Waals surface area contributed by atoms with Gasteiger partial charge in [-0.15, -0.1) is 0 Å². The minimum atomic E-state index is -0.279. The normalized spacial score (nSPS) is 34.2. The van der Waals surface area contributed by atoms with Gasteiger partial charge in [0.2, 0.25) is 11.8 Å². The van der Waals surface area contributed by atoms with E-state index in [9.17, 15) is 9.59 Å². The molecular weight excluding hydrogens is 442 g/mol. The fourth-order valence-corrected chi connectivity index (χ4v) is 7.78. The molecule has 5 aliphatic heterocycles. The number of hydrogen-bond acceptors (Lipinski definition) is 5. The second-order valence-corrected chi connectivity index (χ2v) is 11.3. The van der Waals surface area contributed by atoms with E-state index < -0.39 is 0 Å². The van der Waals surface area contributed by atoms with Crippen LogP contribution in [-0.4, -0.2) is 73.1 Å². The summed E-state index contributed by atoms with van der Waals surface area (Å²) >= 11 is 0. The highest BCUT2D eigenvalue weighted by molar-refractivity contribution is 6.00. The first-order valence-corrected chi connectivity index (χ1v) is 13.6. The van der Waals surface area contributed by atoms with Gasteiger partial charge in [-0.25, -0.2) is 0 Å². The van der Waals surface area contributed by atoms with Crippen molar-refractivity contribution < 1.29 is 19.1 Å². The minimum absolute atomic E-state index is 0.0188. The maximum atomic E-state index is 13.9. The Bertz CT molecular complexity index is 1070. The van der Waals surface area contributed by atoms with Crippen molar-refractivity contribution in [2.45, 2.75) is 57.0 Å². The molecule has 0 aromatic heterocycles. The predicted molar refractivity (Wildman–Crippen MR) is 132 cm³/mol. The molecule has 0 spiro atoms. The van der Waals surface area contributed by atoms with Crippen molar-refractivity contribution in [1.82, 2.24) is 9.80 Å². The van der Waals surface area contributed by atoms with Gasteiger partial charge in [0, 0.05) is 43.9 Å². The number of carbonyl (C=O) groups excluding carboxylic acids is 2. The minimum Gasteiger partial charge on any atom is -0.486 e. The third-order valence-corrected chi connectivity index (χ3v) is 9.25. The third-order valence-electron chi connectivity index (χ3n) is 9.25. The summed E-state index contributed by atoms with van der Waals surface area (Å²) < 4.78 is 11.3. The summed E-state index contributed by atoms with van der Waals surface area (Å²) in [7, 11) is 0. The first-order valence-electron chi connectivity index (χ1n) is 13.6. The van der Waals surface area contributed by atoms with E-state index in [0.717, 1.165) is 31.6 Å². The lowest BCUT2D eigenvalue weighted by molar-refractivity contribution is -0.140. The topological polar surface area (TPSA) is 62.3 Å². The lowest BCUT2D eigenvalue weighted by atomic mass is 9.68. The van der Waals surface area contributed by atoms with Crippen molar-refractivity contribution in [3.8, 4) is 11.5 Å². The highest BCUT2D eigenvalue weighted by Crippen LogP contribution is 2.46. The number of hydrogen-bond donors (Lipinski definition) is 0. The molecule has 2 bridgehead atoms. The monoisotopic (exact) mass is 477 g/mol. The van der Waals surface area contributed by atoms with Gasteiger partial charge in [0.15, 0.2) is 11.5 Å². The number of ether oxygens (including phenoxy) is 2. The van der Waals surface area contributed by atoms with Crippen LogP contribution in [0.5, 0.6) is 11.5 Å². The van der Waals surface area contributed by atoms with Gasteiger partial charge < -0.3 is 19.3 Å². The third kappa shape index (κ3) is 3.65. The number of anilines is 1. The maximum Gasteiger partial charge on any atom is 0.228 e. The lowest BCUT2D eigenvalue weighted by Gasteiger charge is -2.55. The molecule has 5 atom stereocenters. The van der Waals surface area contributed by atoms with E-state index in [2.05, 4.69) is 15.9 Å². The second kappa shape index (κ2) is 8.54. The van der Waals surface area contributed by atoms with E-state index in [4.69, 9.17) is 9.47 Å². The molecule has 4 saturated heterocycles. The van der Waals surface area contributed by atoms with Crippen LogP contribution in [0.25, 0.3) is 0 Å². The Balaban J connectivity index is 1.11. The summed E-state index contributed by atoms with van der Waals surface area (Å²) in [5, 5.41) is 0. The van der Waals surface area contributed by atoms with Crippen LogP contribution in [-0.2, 0) is 9.59 Å². The van der Waals surface area contributed by atoms with Gasteiger partial charge in [-0.05, 0) is 62.6 Å². The maximum absolute atomic E-state index is 13.9. The van der Waals surface area contributed by atoms with Gasteiger partial charge in [0.1, 0.15) is 13.2 Å². The van der Waals surface area contributed by atoms with Crippen LogP contribution >= 0.6 is 0 Å². The molecule has 35 heavy (non-hydrogen) atoms. The summed E-state index contributed by atoms with van der Waals surface area (Å²) in [6, 6.07) is 6.58. The van der Waals surface area contributed by atoms with E-state index in [-0.39, 0.29) is 30.2 Å².